The van der Waals surface area contributed by atoms with Gasteiger partial charge in [-0.25, -0.2) is 0 Å². The fourth-order valence-corrected chi connectivity index (χ4v) is 2.59. The number of ether oxygens (including phenoxy) is 2. The van der Waals surface area contributed by atoms with Gasteiger partial charge >= 0.3 is 0 Å². The molecule has 1 aromatic heterocycles. The Morgan fingerprint density at radius 1 is 1.11 bits per heavy atom. The van der Waals surface area contributed by atoms with Gasteiger partial charge in [-0.05, 0) is 19.1 Å². The second-order valence-electron chi connectivity index (χ2n) is 6.11. The van der Waals surface area contributed by atoms with E-state index in [4.69, 9.17) is 14.0 Å². The number of nitrogens with zero attached hydrogens (tertiary/aromatic N) is 3. The lowest BCUT2D eigenvalue weighted by Gasteiger charge is -2.17. The molecule has 0 saturated carbocycles. The van der Waals surface area contributed by atoms with Gasteiger partial charge in [0.1, 0.15) is 18.0 Å². The second-order valence-corrected chi connectivity index (χ2v) is 6.11. The molecular formula is C20H21N3O4. The number of amides is 1. The average Bonchev–Trinajstić information content (AvgIpc) is 3.15. The summed E-state index contributed by atoms with van der Waals surface area (Å²) in [7, 11) is 4.74. The normalized spacial score (nSPS) is 10.5. The first kappa shape index (κ1) is 18.4. The topological polar surface area (TPSA) is 77.7 Å². The van der Waals surface area contributed by atoms with Crippen molar-refractivity contribution in [1.29, 1.82) is 0 Å². The summed E-state index contributed by atoms with van der Waals surface area (Å²) in [6, 6.07) is 12.9. The Morgan fingerprint density at radius 3 is 2.52 bits per heavy atom. The van der Waals surface area contributed by atoms with Gasteiger partial charge in [0.2, 0.25) is 11.7 Å². The molecule has 0 N–H and O–H groups in total. The Labute approximate surface area is 157 Å². The number of carbonyl (C=O) groups is 1. The largest absolute Gasteiger partial charge is 0.497 e. The van der Waals surface area contributed by atoms with Crippen LogP contribution in [0.3, 0.4) is 0 Å². The van der Waals surface area contributed by atoms with Crippen molar-refractivity contribution in [2.45, 2.75) is 13.5 Å². The molecule has 0 spiro atoms. The van der Waals surface area contributed by atoms with Crippen molar-refractivity contribution in [1.82, 2.24) is 15.0 Å². The van der Waals surface area contributed by atoms with Crippen molar-refractivity contribution in [3.05, 3.63) is 59.5 Å². The van der Waals surface area contributed by atoms with Crippen LogP contribution in [0.2, 0.25) is 0 Å². The number of hydrogen-bond acceptors (Lipinski definition) is 6. The highest BCUT2D eigenvalue weighted by molar-refractivity contribution is 5.97. The molecule has 0 unspecified atom stereocenters. The molecule has 7 nitrogen and oxygen atoms in total. The number of aromatic nitrogens is 2. The molecule has 0 atom stereocenters. The maximum atomic E-state index is 12.8. The molecule has 0 aliphatic carbocycles. The smallest absolute Gasteiger partial charge is 0.257 e. The minimum absolute atomic E-state index is 0.187. The Morgan fingerprint density at radius 2 is 1.85 bits per heavy atom. The summed E-state index contributed by atoms with van der Waals surface area (Å²) < 4.78 is 15.8. The third-order valence-corrected chi connectivity index (χ3v) is 4.14. The number of methoxy groups -OCH3 is 2. The number of benzene rings is 2. The molecule has 27 heavy (non-hydrogen) atoms. The molecule has 7 heteroatoms. The van der Waals surface area contributed by atoms with E-state index in [0.29, 0.717) is 28.8 Å². The molecule has 0 fully saturated rings. The molecule has 0 radical (unpaired) electrons. The van der Waals surface area contributed by atoms with Gasteiger partial charge in [0.25, 0.3) is 5.91 Å². The van der Waals surface area contributed by atoms with E-state index in [9.17, 15) is 4.79 Å². The van der Waals surface area contributed by atoms with Gasteiger partial charge in [0.15, 0.2) is 0 Å². The molecule has 140 valence electrons. The van der Waals surface area contributed by atoms with Gasteiger partial charge in [-0.15, -0.1) is 0 Å². The summed E-state index contributed by atoms with van der Waals surface area (Å²) in [5, 5.41) is 3.99. The highest BCUT2D eigenvalue weighted by Gasteiger charge is 2.20. The second kappa shape index (κ2) is 7.90. The van der Waals surface area contributed by atoms with Crippen molar-refractivity contribution in [2.24, 2.45) is 0 Å². The zero-order valence-corrected chi connectivity index (χ0v) is 15.7. The standard InChI is InChI=1S/C20H21N3O4/c1-13-5-7-14(8-6-13)19-21-18(27-22-19)12-23(2)20(24)16-10-9-15(25-3)11-17(16)26-4/h5-11H,12H2,1-4H3. The summed E-state index contributed by atoms with van der Waals surface area (Å²) in [4.78, 5) is 18.6. The number of rotatable bonds is 6. The minimum Gasteiger partial charge on any atom is -0.497 e. The lowest BCUT2D eigenvalue weighted by molar-refractivity contribution is 0.0766. The van der Waals surface area contributed by atoms with Gasteiger partial charge in [0.05, 0.1) is 19.8 Å². The van der Waals surface area contributed by atoms with E-state index >= 15 is 0 Å². The van der Waals surface area contributed by atoms with Crippen LogP contribution < -0.4 is 9.47 Å². The fourth-order valence-electron chi connectivity index (χ4n) is 2.59. The molecule has 3 aromatic rings. The van der Waals surface area contributed by atoms with Crippen LogP contribution in [-0.2, 0) is 6.54 Å². The van der Waals surface area contributed by atoms with Crippen LogP contribution in [0.25, 0.3) is 11.4 Å². The van der Waals surface area contributed by atoms with Crippen LogP contribution in [0.5, 0.6) is 11.5 Å². The minimum atomic E-state index is -0.218. The van der Waals surface area contributed by atoms with Gasteiger partial charge in [-0.3, -0.25) is 4.79 Å². The van der Waals surface area contributed by atoms with Crippen molar-refractivity contribution < 1.29 is 18.8 Å². The van der Waals surface area contributed by atoms with Crippen LogP contribution in [0.15, 0.2) is 47.0 Å². The van der Waals surface area contributed by atoms with Crippen LogP contribution >= 0.6 is 0 Å². The van der Waals surface area contributed by atoms with E-state index in [1.165, 1.54) is 12.0 Å². The highest BCUT2D eigenvalue weighted by atomic mass is 16.5. The maximum Gasteiger partial charge on any atom is 0.257 e. The van der Waals surface area contributed by atoms with Gasteiger partial charge in [-0.1, -0.05) is 35.0 Å². The predicted octanol–water partition coefficient (Wildman–Crippen LogP) is 3.33. The Bertz CT molecular complexity index is 935. The first-order valence-corrected chi connectivity index (χ1v) is 8.39. The Kier molecular flexibility index (Phi) is 5.40. The van der Waals surface area contributed by atoms with Crippen LogP contribution in [0, 0.1) is 6.92 Å². The summed E-state index contributed by atoms with van der Waals surface area (Å²) in [5.74, 6) is 1.69. The lowest BCUT2D eigenvalue weighted by Crippen LogP contribution is -2.26. The van der Waals surface area contributed by atoms with E-state index in [0.717, 1.165) is 11.1 Å². The molecular weight excluding hydrogens is 346 g/mol. The average molecular weight is 367 g/mol. The van der Waals surface area contributed by atoms with Crippen molar-refractivity contribution in [3.8, 4) is 22.9 Å². The Hall–Kier alpha value is -3.35. The summed E-state index contributed by atoms with van der Waals surface area (Å²) in [6.07, 6.45) is 0. The molecule has 2 aromatic carbocycles. The van der Waals surface area contributed by atoms with Gasteiger partial charge < -0.3 is 18.9 Å². The zero-order valence-electron chi connectivity index (χ0n) is 15.7. The molecule has 0 aliphatic heterocycles. The van der Waals surface area contributed by atoms with Gasteiger partial charge in [-0.2, -0.15) is 4.98 Å². The SMILES string of the molecule is COc1ccc(C(=O)N(C)Cc2nc(-c3ccc(C)cc3)no2)c(OC)c1. The van der Waals surface area contributed by atoms with E-state index < -0.39 is 0 Å². The van der Waals surface area contributed by atoms with Crippen LogP contribution in [-0.4, -0.2) is 42.2 Å². The van der Waals surface area contributed by atoms with Crippen LogP contribution in [0.1, 0.15) is 21.8 Å². The predicted molar refractivity (Wildman–Crippen MR) is 99.8 cm³/mol. The molecule has 1 heterocycles. The molecule has 1 amide bonds. The Balaban J connectivity index is 1.75. The first-order chi connectivity index (χ1) is 13.0. The zero-order chi connectivity index (χ0) is 19.4. The third kappa shape index (κ3) is 4.08. The number of carbonyl (C=O) groups excluding carboxylic acids is 1. The summed E-state index contributed by atoms with van der Waals surface area (Å²) in [6.45, 7) is 2.20. The van der Waals surface area contributed by atoms with E-state index in [1.807, 2.05) is 31.2 Å². The van der Waals surface area contributed by atoms with Crippen molar-refractivity contribution >= 4 is 5.91 Å². The van der Waals surface area contributed by atoms with Crippen molar-refractivity contribution in [3.63, 3.8) is 0 Å². The molecule has 0 saturated heterocycles. The maximum absolute atomic E-state index is 12.8. The highest BCUT2D eigenvalue weighted by Crippen LogP contribution is 2.26. The monoisotopic (exact) mass is 367 g/mol. The number of aryl methyl sites for hydroxylation is 1. The molecule has 0 aliphatic rings. The first-order valence-electron chi connectivity index (χ1n) is 8.39. The van der Waals surface area contributed by atoms with Crippen molar-refractivity contribution in [2.75, 3.05) is 21.3 Å². The quantitative estimate of drug-likeness (QED) is 0.665. The molecule has 0 bridgehead atoms. The van der Waals surface area contributed by atoms with E-state index in [2.05, 4.69) is 10.1 Å². The lowest BCUT2D eigenvalue weighted by atomic mass is 10.1. The summed E-state index contributed by atoms with van der Waals surface area (Å²) in [5.41, 5.74) is 2.45. The third-order valence-electron chi connectivity index (χ3n) is 4.14. The molecule has 3 rings (SSSR count). The number of hydrogen-bond donors (Lipinski definition) is 0. The van der Waals surface area contributed by atoms with Crippen LogP contribution in [0.4, 0.5) is 0 Å². The summed E-state index contributed by atoms with van der Waals surface area (Å²) >= 11 is 0. The fraction of sp³-hybridized carbons (Fsp3) is 0.250. The van der Waals surface area contributed by atoms with Gasteiger partial charge in [0, 0.05) is 18.7 Å². The van der Waals surface area contributed by atoms with E-state index in [-0.39, 0.29) is 12.5 Å². The van der Waals surface area contributed by atoms with E-state index in [1.54, 1.807) is 32.4 Å².